The van der Waals surface area contributed by atoms with Gasteiger partial charge in [-0.1, -0.05) is 37.3 Å². The monoisotopic (exact) mass is 284 g/mol. The van der Waals surface area contributed by atoms with Gasteiger partial charge in [0, 0.05) is 18.6 Å². The van der Waals surface area contributed by atoms with Crippen LogP contribution in [0.15, 0.2) is 30.3 Å². The topological polar surface area (TPSA) is 63.4 Å². The number of nitrogens with two attached hydrogens (primary N) is 1. The van der Waals surface area contributed by atoms with Crippen LogP contribution in [-0.2, 0) is 15.8 Å². The van der Waals surface area contributed by atoms with E-state index in [9.17, 15) is 8.42 Å². The normalized spacial score (nSPS) is 12.9. The van der Waals surface area contributed by atoms with Crippen LogP contribution in [0.4, 0.5) is 0 Å². The Balaban J connectivity index is 3.01. The highest BCUT2D eigenvalue weighted by Crippen LogP contribution is 2.21. The standard InChI is InChI=1S/C14H24N2O2S/c1-4-10-16(14(2,3)12-15)19(17,18)11-13-8-6-5-7-9-13/h5-9H,4,10-12,15H2,1-3H3. The molecule has 4 nitrogen and oxygen atoms in total. The first-order valence-corrected chi connectivity index (χ1v) is 8.19. The Kier molecular flexibility index (Phi) is 5.52. The Bertz CT molecular complexity index is 483. The molecular weight excluding hydrogens is 260 g/mol. The van der Waals surface area contributed by atoms with Crippen molar-refractivity contribution in [2.45, 2.75) is 38.5 Å². The molecule has 0 unspecified atom stereocenters. The third kappa shape index (κ3) is 4.30. The van der Waals surface area contributed by atoms with Gasteiger partial charge in [-0.25, -0.2) is 8.42 Å². The molecule has 1 rings (SSSR count). The Morgan fingerprint density at radius 2 is 1.79 bits per heavy atom. The molecular formula is C14H24N2O2S. The van der Waals surface area contributed by atoms with Gasteiger partial charge in [0.05, 0.1) is 5.75 Å². The highest BCUT2D eigenvalue weighted by Gasteiger charge is 2.34. The molecule has 0 aliphatic rings. The summed E-state index contributed by atoms with van der Waals surface area (Å²) >= 11 is 0. The lowest BCUT2D eigenvalue weighted by Crippen LogP contribution is -2.52. The molecule has 1 aromatic carbocycles. The molecule has 19 heavy (non-hydrogen) atoms. The minimum Gasteiger partial charge on any atom is -0.329 e. The SMILES string of the molecule is CCCN(C(C)(C)CN)S(=O)(=O)Cc1ccccc1. The maximum atomic E-state index is 12.6. The average Bonchev–Trinajstić information content (AvgIpc) is 2.36. The second-order valence-electron chi connectivity index (χ2n) is 5.33. The molecule has 0 atom stereocenters. The predicted molar refractivity (Wildman–Crippen MR) is 79.2 cm³/mol. The fourth-order valence-electron chi connectivity index (χ4n) is 1.99. The summed E-state index contributed by atoms with van der Waals surface area (Å²) in [5.41, 5.74) is 5.97. The first kappa shape index (κ1) is 16.1. The summed E-state index contributed by atoms with van der Waals surface area (Å²) in [7, 11) is -3.35. The molecule has 0 heterocycles. The molecule has 0 aliphatic carbocycles. The minimum absolute atomic E-state index is 0.0251. The van der Waals surface area contributed by atoms with Crippen molar-refractivity contribution in [2.24, 2.45) is 5.73 Å². The van der Waals surface area contributed by atoms with Crippen LogP contribution < -0.4 is 5.73 Å². The van der Waals surface area contributed by atoms with E-state index in [2.05, 4.69) is 0 Å². The molecule has 0 fully saturated rings. The van der Waals surface area contributed by atoms with Crippen molar-refractivity contribution in [3.05, 3.63) is 35.9 Å². The fraction of sp³-hybridized carbons (Fsp3) is 0.571. The molecule has 0 radical (unpaired) electrons. The van der Waals surface area contributed by atoms with Gasteiger partial charge in [0.2, 0.25) is 10.0 Å². The van der Waals surface area contributed by atoms with Crippen LogP contribution in [0.25, 0.3) is 0 Å². The Morgan fingerprint density at radius 1 is 1.21 bits per heavy atom. The van der Waals surface area contributed by atoms with E-state index >= 15 is 0 Å². The average molecular weight is 284 g/mol. The van der Waals surface area contributed by atoms with Crippen molar-refractivity contribution in [3.8, 4) is 0 Å². The van der Waals surface area contributed by atoms with E-state index in [1.165, 1.54) is 4.31 Å². The quantitative estimate of drug-likeness (QED) is 0.832. The van der Waals surface area contributed by atoms with Gasteiger partial charge < -0.3 is 5.73 Å². The number of benzene rings is 1. The maximum Gasteiger partial charge on any atom is 0.218 e. The zero-order valence-electron chi connectivity index (χ0n) is 12.0. The molecule has 2 N–H and O–H groups in total. The predicted octanol–water partition coefficient (Wildman–Crippen LogP) is 1.97. The van der Waals surface area contributed by atoms with E-state index in [4.69, 9.17) is 5.73 Å². The molecule has 0 aliphatic heterocycles. The summed E-state index contributed by atoms with van der Waals surface area (Å²) in [6.07, 6.45) is 0.775. The Labute approximate surface area is 116 Å². The maximum absolute atomic E-state index is 12.6. The molecule has 0 spiro atoms. The number of hydrogen-bond donors (Lipinski definition) is 1. The van der Waals surface area contributed by atoms with Gasteiger partial charge in [-0.3, -0.25) is 0 Å². The number of hydrogen-bond acceptors (Lipinski definition) is 3. The highest BCUT2D eigenvalue weighted by atomic mass is 32.2. The van der Waals surface area contributed by atoms with E-state index in [0.717, 1.165) is 12.0 Å². The Hall–Kier alpha value is -0.910. The van der Waals surface area contributed by atoms with Gasteiger partial charge in [-0.2, -0.15) is 4.31 Å². The summed E-state index contributed by atoms with van der Waals surface area (Å²) in [4.78, 5) is 0. The molecule has 0 bridgehead atoms. The molecule has 5 heteroatoms. The van der Waals surface area contributed by atoms with E-state index in [0.29, 0.717) is 13.1 Å². The molecule has 0 saturated heterocycles. The van der Waals surface area contributed by atoms with Crippen molar-refractivity contribution in [2.75, 3.05) is 13.1 Å². The van der Waals surface area contributed by atoms with E-state index in [-0.39, 0.29) is 5.75 Å². The third-order valence-corrected chi connectivity index (χ3v) is 5.18. The van der Waals surface area contributed by atoms with Gasteiger partial charge in [0.25, 0.3) is 0 Å². The first-order chi connectivity index (χ1) is 8.83. The summed E-state index contributed by atoms with van der Waals surface area (Å²) in [5.74, 6) is 0.0251. The van der Waals surface area contributed by atoms with Crippen molar-refractivity contribution in [1.82, 2.24) is 4.31 Å². The molecule has 0 saturated carbocycles. The van der Waals surface area contributed by atoms with E-state index < -0.39 is 15.6 Å². The largest absolute Gasteiger partial charge is 0.329 e. The fourth-order valence-corrected chi connectivity index (χ4v) is 4.04. The summed E-state index contributed by atoms with van der Waals surface area (Å²) in [6, 6.07) is 9.24. The lowest BCUT2D eigenvalue weighted by Gasteiger charge is -2.36. The van der Waals surface area contributed by atoms with Crippen LogP contribution in [-0.4, -0.2) is 31.4 Å². The zero-order chi connectivity index (χ0) is 14.5. The lowest BCUT2D eigenvalue weighted by atomic mass is 10.1. The van der Waals surface area contributed by atoms with Gasteiger partial charge in [0.1, 0.15) is 0 Å². The summed E-state index contributed by atoms with van der Waals surface area (Å²) in [5, 5.41) is 0. The van der Waals surface area contributed by atoms with Gasteiger partial charge in [0.15, 0.2) is 0 Å². The van der Waals surface area contributed by atoms with Crippen LogP contribution >= 0.6 is 0 Å². The third-order valence-electron chi connectivity index (χ3n) is 3.13. The second-order valence-corrected chi connectivity index (χ2v) is 7.22. The zero-order valence-corrected chi connectivity index (χ0v) is 12.8. The van der Waals surface area contributed by atoms with Crippen LogP contribution in [0.3, 0.4) is 0 Å². The minimum atomic E-state index is -3.35. The van der Waals surface area contributed by atoms with Gasteiger partial charge in [-0.15, -0.1) is 0 Å². The van der Waals surface area contributed by atoms with Crippen molar-refractivity contribution >= 4 is 10.0 Å². The molecule has 108 valence electrons. The van der Waals surface area contributed by atoms with Crippen molar-refractivity contribution in [1.29, 1.82) is 0 Å². The Morgan fingerprint density at radius 3 is 2.26 bits per heavy atom. The van der Waals surface area contributed by atoms with Crippen LogP contribution in [0.1, 0.15) is 32.8 Å². The molecule has 0 amide bonds. The van der Waals surface area contributed by atoms with Crippen molar-refractivity contribution in [3.63, 3.8) is 0 Å². The van der Waals surface area contributed by atoms with Crippen LogP contribution in [0.2, 0.25) is 0 Å². The molecule has 0 aromatic heterocycles. The number of sulfonamides is 1. The second kappa shape index (κ2) is 6.50. The highest BCUT2D eigenvalue weighted by molar-refractivity contribution is 7.88. The molecule has 1 aromatic rings. The summed E-state index contributed by atoms with van der Waals surface area (Å²) < 4.78 is 26.7. The van der Waals surface area contributed by atoms with Crippen LogP contribution in [0, 0.1) is 0 Å². The first-order valence-electron chi connectivity index (χ1n) is 6.58. The summed E-state index contributed by atoms with van der Waals surface area (Å²) in [6.45, 7) is 6.51. The van der Waals surface area contributed by atoms with Gasteiger partial charge in [-0.05, 0) is 25.8 Å². The van der Waals surface area contributed by atoms with E-state index in [1.54, 1.807) is 0 Å². The van der Waals surface area contributed by atoms with E-state index in [1.807, 2.05) is 51.1 Å². The number of rotatable bonds is 7. The number of nitrogens with zero attached hydrogens (tertiary/aromatic N) is 1. The smallest absolute Gasteiger partial charge is 0.218 e. The lowest BCUT2D eigenvalue weighted by molar-refractivity contribution is 0.234. The van der Waals surface area contributed by atoms with Crippen molar-refractivity contribution < 1.29 is 8.42 Å². The van der Waals surface area contributed by atoms with Crippen LogP contribution in [0.5, 0.6) is 0 Å². The van der Waals surface area contributed by atoms with Gasteiger partial charge >= 0.3 is 0 Å².